The number of nitrogens with one attached hydrogen (secondary N) is 1. The van der Waals surface area contributed by atoms with Crippen LogP contribution in [0, 0.1) is 0 Å². The van der Waals surface area contributed by atoms with Gasteiger partial charge in [-0.2, -0.15) is 0 Å². The maximum Gasteiger partial charge on any atom is 0.325 e. The molecule has 26 heavy (non-hydrogen) atoms. The summed E-state index contributed by atoms with van der Waals surface area (Å²) in [5, 5.41) is 2.93. The standard InChI is InChI=1S/C21H24N2O3/c1-2-26-19(24)15-23-20(25)22-16-21(23,13-17-9-5-3-6-10-17)14-18-11-7-4-8-12-18/h3-12H,2,13-16H2,1H3,(H,22,25). The molecule has 1 aliphatic rings. The first kappa shape index (κ1) is 18.0. The van der Waals surface area contributed by atoms with Crippen LogP contribution < -0.4 is 5.32 Å². The highest BCUT2D eigenvalue weighted by atomic mass is 16.5. The highest BCUT2D eigenvalue weighted by Crippen LogP contribution is 2.29. The first-order chi connectivity index (χ1) is 12.6. The normalized spacial score (nSPS) is 15.6. The fourth-order valence-electron chi connectivity index (χ4n) is 3.55. The van der Waals surface area contributed by atoms with Crippen molar-refractivity contribution in [3.8, 4) is 0 Å². The molecular formula is C21H24N2O3. The van der Waals surface area contributed by atoms with E-state index in [-0.39, 0.29) is 18.5 Å². The molecule has 1 N–H and O–H groups in total. The van der Waals surface area contributed by atoms with Crippen molar-refractivity contribution in [1.29, 1.82) is 0 Å². The Morgan fingerprint density at radius 2 is 1.58 bits per heavy atom. The Hall–Kier alpha value is -2.82. The number of rotatable bonds is 7. The average Bonchev–Trinajstić information content (AvgIpc) is 2.93. The second kappa shape index (κ2) is 8.04. The highest BCUT2D eigenvalue weighted by molar-refractivity contribution is 5.83. The number of nitrogens with zero attached hydrogens (tertiary/aromatic N) is 1. The summed E-state index contributed by atoms with van der Waals surface area (Å²) < 4.78 is 5.09. The van der Waals surface area contributed by atoms with E-state index in [1.165, 1.54) is 0 Å². The van der Waals surface area contributed by atoms with Gasteiger partial charge in [0.1, 0.15) is 6.54 Å². The zero-order valence-corrected chi connectivity index (χ0v) is 15.0. The molecule has 0 radical (unpaired) electrons. The Labute approximate surface area is 154 Å². The maximum absolute atomic E-state index is 12.5. The van der Waals surface area contributed by atoms with Crippen LogP contribution in [-0.4, -0.2) is 42.1 Å². The van der Waals surface area contributed by atoms with E-state index in [4.69, 9.17) is 4.74 Å². The van der Waals surface area contributed by atoms with Gasteiger partial charge in [-0.3, -0.25) is 4.79 Å². The molecule has 0 aliphatic carbocycles. The Morgan fingerprint density at radius 3 is 2.08 bits per heavy atom. The van der Waals surface area contributed by atoms with Crippen molar-refractivity contribution < 1.29 is 14.3 Å². The summed E-state index contributed by atoms with van der Waals surface area (Å²) in [4.78, 5) is 26.3. The Kier molecular flexibility index (Phi) is 5.56. The van der Waals surface area contributed by atoms with Crippen molar-refractivity contribution in [2.75, 3.05) is 19.7 Å². The number of benzene rings is 2. The second-order valence-electron chi connectivity index (χ2n) is 6.60. The molecular weight excluding hydrogens is 328 g/mol. The molecule has 0 saturated carbocycles. The minimum atomic E-state index is -0.507. The van der Waals surface area contributed by atoms with Crippen LogP contribution in [0.1, 0.15) is 18.1 Å². The molecule has 0 unspecified atom stereocenters. The molecule has 1 aliphatic heterocycles. The van der Waals surface area contributed by atoms with Gasteiger partial charge in [-0.05, 0) is 30.9 Å². The zero-order valence-electron chi connectivity index (χ0n) is 15.0. The third-order valence-electron chi connectivity index (χ3n) is 4.73. The van der Waals surface area contributed by atoms with Crippen LogP contribution in [-0.2, 0) is 22.4 Å². The van der Waals surface area contributed by atoms with Crippen LogP contribution in [0.25, 0.3) is 0 Å². The van der Waals surface area contributed by atoms with Crippen LogP contribution in [0.3, 0.4) is 0 Å². The molecule has 1 saturated heterocycles. The van der Waals surface area contributed by atoms with Crippen LogP contribution in [0.15, 0.2) is 60.7 Å². The molecule has 3 rings (SSSR count). The predicted molar refractivity (Wildman–Crippen MR) is 99.8 cm³/mol. The number of esters is 1. The van der Waals surface area contributed by atoms with E-state index in [1.807, 2.05) is 36.4 Å². The van der Waals surface area contributed by atoms with Gasteiger partial charge >= 0.3 is 12.0 Å². The minimum absolute atomic E-state index is 0.0423. The zero-order chi connectivity index (χ0) is 18.4. The number of carbonyl (C=O) groups excluding carboxylic acids is 2. The molecule has 0 atom stereocenters. The number of hydrogen-bond donors (Lipinski definition) is 1. The summed E-state index contributed by atoms with van der Waals surface area (Å²) in [5.74, 6) is -0.380. The molecule has 0 aromatic heterocycles. The number of hydrogen-bond acceptors (Lipinski definition) is 3. The molecule has 2 amide bonds. The van der Waals surface area contributed by atoms with Gasteiger partial charge in [0.15, 0.2) is 0 Å². The predicted octanol–water partition coefficient (Wildman–Crippen LogP) is 2.80. The van der Waals surface area contributed by atoms with E-state index < -0.39 is 5.54 Å². The quantitative estimate of drug-likeness (QED) is 0.780. The van der Waals surface area contributed by atoms with Crippen molar-refractivity contribution in [1.82, 2.24) is 10.2 Å². The van der Waals surface area contributed by atoms with Gasteiger partial charge in [-0.1, -0.05) is 60.7 Å². The third kappa shape index (κ3) is 4.04. The van der Waals surface area contributed by atoms with E-state index in [9.17, 15) is 9.59 Å². The monoisotopic (exact) mass is 352 g/mol. The summed E-state index contributed by atoms with van der Waals surface area (Å²) in [6, 6.07) is 19.9. The molecule has 0 spiro atoms. The Bertz CT molecular complexity index is 705. The number of ether oxygens (including phenoxy) is 1. The summed E-state index contributed by atoms with van der Waals surface area (Å²) in [6.07, 6.45) is 1.34. The lowest BCUT2D eigenvalue weighted by Gasteiger charge is -2.37. The van der Waals surface area contributed by atoms with Gasteiger partial charge in [0.25, 0.3) is 0 Å². The van der Waals surface area contributed by atoms with E-state index in [0.29, 0.717) is 26.0 Å². The van der Waals surface area contributed by atoms with Gasteiger partial charge in [0.2, 0.25) is 0 Å². The summed E-state index contributed by atoms with van der Waals surface area (Å²) in [6.45, 7) is 2.52. The van der Waals surface area contributed by atoms with Crippen molar-refractivity contribution in [3.63, 3.8) is 0 Å². The Morgan fingerprint density at radius 1 is 1.04 bits per heavy atom. The highest BCUT2D eigenvalue weighted by Gasteiger charge is 2.46. The molecule has 1 heterocycles. The SMILES string of the molecule is CCOC(=O)CN1C(=O)NCC1(Cc1ccccc1)Cc1ccccc1. The smallest absolute Gasteiger partial charge is 0.325 e. The van der Waals surface area contributed by atoms with Crippen molar-refractivity contribution in [3.05, 3.63) is 71.8 Å². The summed E-state index contributed by atoms with van der Waals surface area (Å²) in [7, 11) is 0. The molecule has 5 nitrogen and oxygen atoms in total. The van der Waals surface area contributed by atoms with E-state index in [1.54, 1.807) is 11.8 Å². The lowest BCUT2D eigenvalue weighted by Crippen LogP contribution is -2.52. The van der Waals surface area contributed by atoms with Crippen LogP contribution in [0.2, 0.25) is 0 Å². The van der Waals surface area contributed by atoms with Crippen LogP contribution in [0.4, 0.5) is 4.79 Å². The third-order valence-corrected chi connectivity index (χ3v) is 4.73. The maximum atomic E-state index is 12.5. The number of urea groups is 1. The summed E-state index contributed by atoms with van der Waals surface area (Å²) >= 11 is 0. The van der Waals surface area contributed by atoms with E-state index in [2.05, 4.69) is 29.6 Å². The Balaban J connectivity index is 1.92. The van der Waals surface area contributed by atoms with Crippen molar-refractivity contribution in [2.45, 2.75) is 25.3 Å². The molecule has 2 aromatic carbocycles. The first-order valence-corrected chi connectivity index (χ1v) is 8.92. The lowest BCUT2D eigenvalue weighted by atomic mass is 9.84. The average molecular weight is 352 g/mol. The second-order valence-corrected chi connectivity index (χ2v) is 6.60. The topological polar surface area (TPSA) is 58.6 Å². The van der Waals surface area contributed by atoms with Crippen molar-refractivity contribution in [2.24, 2.45) is 0 Å². The fourth-order valence-corrected chi connectivity index (χ4v) is 3.55. The van der Waals surface area contributed by atoms with Crippen LogP contribution in [0.5, 0.6) is 0 Å². The molecule has 1 fully saturated rings. The van der Waals surface area contributed by atoms with Gasteiger partial charge in [0, 0.05) is 6.54 Å². The van der Waals surface area contributed by atoms with Crippen LogP contribution >= 0.6 is 0 Å². The van der Waals surface area contributed by atoms with Crippen molar-refractivity contribution >= 4 is 12.0 Å². The van der Waals surface area contributed by atoms with Gasteiger partial charge in [0.05, 0.1) is 12.1 Å². The minimum Gasteiger partial charge on any atom is -0.465 e. The molecule has 0 bridgehead atoms. The molecule has 2 aromatic rings. The first-order valence-electron chi connectivity index (χ1n) is 8.92. The summed E-state index contributed by atoms with van der Waals surface area (Å²) in [5.41, 5.74) is 1.76. The molecule has 5 heteroatoms. The van der Waals surface area contributed by atoms with Gasteiger partial charge in [-0.15, -0.1) is 0 Å². The van der Waals surface area contributed by atoms with E-state index >= 15 is 0 Å². The fraction of sp³-hybridized carbons (Fsp3) is 0.333. The number of carbonyl (C=O) groups is 2. The largest absolute Gasteiger partial charge is 0.465 e. The van der Waals surface area contributed by atoms with Gasteiger partial charge < -0.3 is 15.0 Å². The number of amides is 2. The molecule has 136 valence electrons. The lowest BCUT2D eigenvalue weighted by molar-refractivity contribution is -0.144. The van der Waals surface area contributed by atoms with E-state index in [0.717, 1.165) is 11.1 Å². The van der Waals surface area contributed by atoms with Gasteiger partial charge in [-0.25, -0.2) is 4.79 Å².